The largest absolute Gasteiger partial charge is 0.416 e. The number of benzene rings is 1. The van der Waals surface area contributed by atoms with E-state index in [9.17, 15) is 18.0 Å². The maximum Gasteiger partial charge on any atom is 0.416 e. The van der Waals surface area contributed by atoms with Crippen molar-refractivity contribution in [1.29, 1.82) is 0 Å². The quantitative estimate of drug-likeness (QED) is 0.693. The first kappa shape index (κ1) is 17.5. The molecule has 0 saturated heterocycles. The van der Waals surface area contributed by atoms with Gasteiger partial charge in [0.15, 0.2) is 5.16 Å². The molecule has 0 aliphatic carbocycles. The molecule has 130 valence electrons. The Balaban J connectivity index is 1.69. The molecule has 1 N–H and O–H groups in total. The zero-order chi connectivity index (χ0) is 18.0. The van der Waals surface area contributed by atoms with Crippen LogP contribution in [0.5, 0.6) is 0 Å². The number of nitrogens with one attached hydrogen (secondary N) is 1. The lowest BCUT2D eigenvalue weighted by Gasteiger charge is -2.11. The molecule has 25 heavy (non-hydrogen) atoms. The molecular formula is C14H9ClF3N5OS. The Morgan fingerprint density at radius 3 is 2.88 bits per heavy atom. The van der Waals surface area contributed by atoms with Gasteiger partial charge in [-0.25, -0.2) is 4.98 Å². The number of alkyl halides is 3. The summed E-state index contributed by atoms with van der Waals surface area (Å²) in [6, 6.07) is 4.41. The van der Waals surface area contributed by atoms with Crippen molar-refractivity contribution in [3.05, 3.63) is 47.2 Å². The monoisotopic (exact) mass is 387 g/mol. The van der Waals surface area contributed by atoms with Crippen LogP contribution in [-0.2, 0) is 11.0 Å². The van der Waals surface area contributed by atoms with Crippen LogP contribution in [0.25, 0.3) is 5.78 Å². The summed E-state index contributed by atoms with van der Waals surface area (Å²) in [5, 5.41) is 10.6. The van der Waals surface area contributed by atoms with Gasteiger partial charge in [0, 0.05) is 12.4 Å². The molecule has 2 heterocycles. The molecule has 0 saturated carbocycles. The summed E-state index contributed by atoms with van der Waals surface area (Å²) in [4.78, 5) is 16.0. The minimum absolute atomic E-state index is 0.0171. The molecule has 3 aromatic rings. The van der Waals surface area contributed by atoms with E-state index in [1.807, 2.05) is 0 Å². The number of rotatable bonds is 4. The summed E-state index contributed by atoms with van der Waals surface area (Å²) in [5.74, 6) is -0.222. The third-order valence-corrected chi connectivity index (χ3v) is 4.33. The van der Waals surface area contributed by atoms with Crippen LogP contribution in [0.4, 0.5) is 18.9 Å². The van der Waals surface area contributed by atoms with Gasteiger partial charge in [-0.05, 0) is 24.3 Å². The number of anilines is 1. The van der Waals surface area contributed by atoms with Crippen LogP contribution in [0.15, 0.2) is 41.8 Å². The smallest absolute Gasteiger partial charge is 0.324 e. The molecule has 0 bridgehead atoms. The van der Waals surface area contributed by atoms with Gasteiger partial charge in [-0.15, -0.1) is 10.2 Å². The van der Waals surface area contributed by atoms with E-state index in [2.05, 4.69) is 20.5 Å². The van der Waals surface area contributed by atoms with Crippen molar-refractivity contribution in [3.8, 4) is 0 Å². The molecule has 1 amide bonds. The number of hydrogen-bond acceptors (Lipinski definition) is 5. The predicted molar refractivity (Wildman–Crippen MR) is 86.6 cm³/mol. The molecule has 3 rings (SSSR count). The van der Waals surface area contributed by atoms with E-state index in [1.165, 1.54) is 0 Å². The molecule has 0 aliphatic heterocycles. The Kier molecular flexibility index (Phi) is 4.82. The van der Waals surface area contributed by atoms with Crippen LogP contribution >= 0.6 is 23.4 Å². The summed E-state index contributed by atoms with van der Waals surface area (Å²) in [6.45, 7) is 0. The van der Waals surface area contributed by atoms with Crippen molar-refractivity contribution >= 4 is 40.7 Å². The number of hydrogen-bond donors (Lipinski definition) is 1. The SMILES string of the molecule is O=C(CSc1nnc2ncccn12)Nc1cc(C(F)(F)F)ccc1Cl. The number of thioether (sulfide) groups is 1. The van der Waals surface area contributed by atoms with Gasteiger partial charge in [-0.3, -0.25) is 9.20 Å². The van der Waals surface area contributed by atoms with Gasteiger partial charge >= 0.3 is 6.18 Å². The summed E-state index contributed by atoms with van der Waals surface area (Å²) in [7, 11) is 0. The molecule has 0 fully saturated rings. The maximum absolute atomic E-state index is 12.7. The Morgan fingerprint density at radius 2 is 2.12 bits per heavy atom. The molecule has 0 unspecified atom stereocenters. The van der Waals surface area contributed by atoms with Crippen LogP contribution in [0.1, 0.15) is 5.56 Å². The van der Waals surface area contributed by atoms with E-state index in [0.29, 0.717) is 10.9 Å². The third-order valence-electron chi connectivity index (χ3n) is 3.06. The molecule has 0 radical (unpaired) electrons. The van der Waals surface area contributed by atoms with Crippen LogP contribution in [-0.4, -0.2) is 31.2 Å². The van der Waals surface area contributed by atoms with E-state index in [0.717, 1.165) is 30.0 Å². The van der Waals surface area contributed by atoms with Crippen molar-refractivity contribution < 1.29 is 18.0 Å². The molecule has 11 heteroatoms. The fourth-order valence-corrected chi connectivity index (χ4v) is 2.81. The van der Waals surface area contributed by atoms with Gasteiger partial charge in [0.1, 0.15) is 0 Å². The lowest BCUT2D eigenvalue weighted by Crippen LogP contribution is -2.15. The van der Waals surface area contributed by atoms with Crippen LogP contribution < -0.4 is 5.32 Å². The van der Waals surface area contributed by atoms with E-state index in [4.69, 9.17) is 11.6 Å². The van der Waals surface area contributed by atoms with Gasteiger partial charge in [-0.2, -0.15) is 13.2 Å². The van der Waals surface area contributed by atoms with Crippen molar-refractivity contribution in [2.24, 2.45) is 0 Å². The zero-order valence-corrected chi connectivity index (χ0v) is 13.9. The van der Waals surface area contributed by atoms with E-state index in [1.54, 1.807) is 22.9 Å². The minimum atomic E-state index is -4.52. The number of halogens is 4. The summed E-state index contributed by atoms with van der Waals surface area (Å²) < 4.78 is 39.8. The Bertz CT molecular complexity index is 930. The number of amides is 1. The fourth-order valence-electron chi connectivity index (χ4n) is 1.93. The number of aromatic nitrogens is 4. The first-order valence-electron chi connectivity index (χ1n) is 6.80. The Morgan fingerprint density at radius 1 is 1.32 bits per heavy atom. The first-order chi connectivity index (χ1) is 11.8. The zero-order valence-electron chi connectivity index (χ0n) is 12.3. The highest BCUT2D eigenvalue weighted by Crippen LogP contribution is 2.33. The third kappa shape index (κ3) is 4.02. The number of carbonyl (C=O) groups excluding carboxylic acids is 1. The predicted octanol–water partition coefficient (Wildman–Crippen LogP) is 3.53. The van der Waals surface area contributed by atoms with Crippen LogP contribution in [0.3, 0.4) is 0 Å². The van der Waals surface area contributed by atoms with Crippen molar-refractivity contribution in [2.75, 3.05) is 11.1 Å². The molecule has 2 aromatic heterocycles. The second-order valence-corrected chi connectivity index (χ2v) is 6.15. The van der Waals surface area contributed by atoms with Gasteiger partial charge in [0.2, 0.25) is 5.91 Å². The Hall–Kier alpha value is -2.33. The standard InChI is InChI=1S/C14H9ClF3N5OS/c15-9-3-2-8(14(16,17)18)6-10(9)20-11(24)7-25-13-22-21-12-19-4-1-5-23(12)13/h1-6H,7H2,(H,20,24). The van der Waals surface area contributed by atoms with Gasteiger partial charge in [0.05, 0.1) is 22.0 Å². The molecule has 6 nitrogen and oxygen atoms in total. The summed E-state index contributed by atoms with van der Waals surface area (Å²) in [6.07, 6.45) is -1.28. The molecule has 1 aromatic carbocycles. The second-order valence-electron chi connectivity index (χ2n) is 4.80. The van der Waals surface area contributed by atoms with Crippen molar-refractivity contribution in [2.45, 2.75) is 11.3 Å². The molecule has 0 aliphatic rings. The topological polar surface area (TPSA) is 72.2 Å². The number of nitrogens with zero attached hydrogens (tertiary/aromatic N) is 4. The lowest BCUT2D eigenvalue weighted by atomic mass is 10.2. The van der Waals surface area contributed by atoms with Crippen LogP contribution in [0.2, 0.25) is 5.02 Å². The van der Waals surface area contributed by atoms with Crippen molar-refractivity contribution in [3.63, 3.8) is 0 Å². The van der Waals surface area contributed by atoms with Gasteiger partial charge < -0.3 is 5.32 Å². The number of carbonyl (C=O) groups is 1. The van der Waals surface area contributed by atoms with E-state index >= 15 is 0 Å². The van der Waals surface area contributed by atoms with E-state index in [-0.39, 0.29) is 16.5 Å². The first-order valence-corrected chi connectivity index (χ1v) is 8.16. The highest BCUT2D eigenvalue weighted by molar-refractivity contribution is 7.99. The average Bonchev–Trinajstić information content (AvgIpc) is 2.97. The maximum atomic E-state index is 12.7. The summed E-state index contributed by atoms with van der Waals surface area (Å²) >= 11 is 6.92. The molecular weight excluding hydrogens is 379 g/mol. The molecule has 0 spiro atoms. The van der Waals surface area contributed by atoms with Crippen molar-refractivity contribution in [1.82, 2.24) is 19.6 Å². The van der Waals surface area contributed by atoms with Gasteiger partial charge in [0.25, 0.3) is 5.78 Å². The van der Waals surface area contributed by atoms with Gasteiger partial charge in [-0.1, -0.05) is 23.4 Å². The number of fused-ring (bicyclic) bond motifs is 1. The minimum Gasteiger partial charge on any atom is -0.324 e. The summed E-state index contributed by atoms with van der Waals surface area (Å²) in [5.41, 5.74) is -0.996. The van der Waals surface area contributed by atoms with Crippen LogP contribution in [0, 0.1) is 0 Å². The highest BCUT2D eigenvalue weighted by Gasteiger charge is 2.31. The lowest BCUT2D eigenvalue weighted by molar-refractivity contribution is -0.137. The normalized spacial score (nSPS) is 11.7. The highest BCUT2D eigenvalue weighted by atomic mass is 35.5. The molecule has 0 atom stereocenters. The average molecular weight is 388 g/mol. The fraction of sp³-hybridized carbons (Fsp3) is 0.143. The Labute approximate surface area is 148 Å². The van der Waals surface area contributed by atoms with E-state index < -0.39 is 17.6 Å². The second kappa shape index (κ2) is 6.89.